The molecule has 24 heavy (non-hydrogen) atoms. The molecular formula is C18H17ClN2O3. The van der Waals surface area contributed by atoms with Gasteiger partial charge in [0.05, 0.1) is 5.69 Å². The summed E-state index contributed by atoms with van der Waals surface area (Å²) in [5, 5.41) is 3.36. The van der Waals surface area contributed by atoms with Crippen LogP contribution in [0.5, 0.6) is 5.75 Å². The monoisotopic (exact) mass is 344 g/mol. The highest BCUT2D eigenvalue weighted by atomic mass is 35.5. The molecule has 2 aromatic carbocycles. The Bertz CT molecular complexity index is 789. The summed E-state index contributed by atoms with van der Waals surface area (Å²) in [5.41, 5.74) is 2.23. The van der Waals surface area contributed by atoms with Crippen molar-refractivity contribution in [3.8, 4) is 5.75 Å². The van der Waals surface area contributed by atoms with Gasteiger partial charge in [-0.25, -0.2) is 0 Å². The predicted octanol–water partition coefficient (Wildman–Crippen LogP) is 3.40. The van der Waals surface area contributed by atoms with Crippen LogP contribution in [-0.4, -0.2) is 24.5 Å². The maximum Gasteiger partial charge on any atom is 0.268 e. The Balaban J connectivity index is 1.80. The molecule has 0 saturated heterocycles. The van der Waals surface area contributed by atoms with Gasteiger partial charge >= 0.3 is 0 Å². The highest BCUT2D eigenvalue weighted by Crippen LogP contribution is 2.34. The van der Waals surface area contributed by atoms with Gasteiger partial charge in [-0.15, -0.1) is 0 Å². The van der Waals surface area contributed by atoms with Crippen LogP contribution in [0.15, 0.2) is 42.5 Å². The van der Waals surface area contributed by atoms with E-state index in [1.165, 1.54) is 4.90 Å². The topological polar surface area (TPSA) is 58.6 Å². The van der Waals surface area contributed by atoms with Gasteiger partial charge in [0.15, 0.2) is 6.10 Å². The number of nitrogens with zero attached hydrogens (tertiary/aromatic N) is 1. The third kappa shape index (κ3) is 3.36. The number of hydrogen-bond acceptors (Lipinski definition) is 3. The summed E-state index contributed by atoms with van der Waals surface area (Å²) < 4.78 is 5.60. The van der Waals surface area contributed by atoms with E-state index in [-0.39, 0.29) is 18.4 Å². The first kappa shape index (κ1) is 16.3. The van der Waals surface area contributed by atoms with E-state index in [0.29, 0.717) is 22.1 Å². The number of rotatable bonds is 3. The number of carbonyl (C=O) groups is 2. The lowest BCUT2D eigenvalue weighted by molar-refractivity contribution is -0.127. The Labute approximate surface area is 145 Å². The summed E-state index contributed by atoms with van der Waals surface area (Å²) in [7, 11) is 0. The van der Waals surface area contributed by atoms with Crippen LogP contribution in [0.4, 0.5) is 11.4 Å². The quantitative estimate of drug-likeness (QED) is 0.928. The van der Waals surface area contributed by atoms with Gasteiger partial charge in [0.2, 0.25) is 5.91 Å². The predicted molar refractivity (Wildman–Crippen MR) is 93.7 cm³/mol. The third-order valence-corrected chi connectivity index (χ3v) is 4.00. The first-order chi connectivity index (χ1) is 11.4. The molecule has 0 saturated carbocycles. The minimum atomic E-state index is -0.622. The largest absolute Gasteiger partial charge is 0.479 e. The van der Waals surface area contributed by atoms with E-state index in [9.17, 15) is 9.59 Å². The molecule has 2 aromatic rings. The standard InChI is InChI=1S/C18H17ClN2O3/c1-11-3-8-16-15(9-11)21(18(23)12(2)24-16)10-17(22)20-14-6-4-13(19)5-7-14/h3-9,12H,10H2,1-2H3,(H,20,22)/t12-/m1/s1. The number of fused-ring (bicyclic) bond motifs is 1. The fourth-order valence-electron chi connectivity index (χ4n) is 2.56. The molecule has 3 rings (SSSR count). The minimum absolute atomic E-state index is 0.0778. The van der Waals surface area contributed by atoms with Gasteiger partial charge < -0.3 is 10.1 Å². The Morgan fingerprint density at radius 3 is 2.67 bits per heavy atom. The van der Waals surface area contributed by atoms with Crippen molar-refractivity contribution < 1.29 is 14.3 Å². The zero-order chi connectivity index (χ0) is 17.3. The van der Waals surface area contributed by atoms with Crippen molar-refractivity contribution in [2.75, 3.05) is 16.8 Å². The lowest BCUT2D eigenvalue weighted by atomic mass is 10.1. The molecule has 1 atom stereocenters. The van der Waals surface area contributed by atoms with Crippen molar-refractivity contribution in [2.45, 2.75) is 20.0 Å². The smallest absolute Gasteiger partial charge is 0.268 e. The fraction of sp³-hybridized carbons (Fsp3) is 0.222. The molecule has 2 amide bonds. The second-order valence-corrected chi connectivity index (χ2v) is 6.15. The van der Waals surface area contributed by atoms with Crippen LogP contribution in [0.3, 0.4) is 0 Å². The first-order valence-electron chi connectivity index (χ1n) is 7.58. The third-order valence-electron chi connectivity index (χ3n) is 3.75. The van der Waals surface area contributed by atoms with Gasteiger partial charge in [-0.1, -0.05) is 17.7 Å². The van der Waals surface area contributed by atoms with Crippen molar-refractivity contribution in [1.29, 1.82) is 0 Å². The Morgan fingerprint density at radius 2 is 1.96 bits per heavy atom. The molecule has 0 aliphatic carbocycles. The van der Waals surface area contributed by atoms with Crippen LogP contribution in [-0.2, 0) is 9.59 Å². The number of benzene rings is 2. The van der Waals surface area contributed by atoms with Crippen LogP contribution >= 0.6 is 11.6 Å². The second kappa shape index (κ2) is 6.53. The highest BCUT2D eigenvalue weighted by Gasteiger charge is 2.32. The summed E-state index contributed by atoms with van der Waals surface area (Å²) >= 11 is 5.83. The Morgan fingerprint density at radius 1 is 1.25 bits per heavy atom. The maximum atomic E-state index is 12.4. The van der Waals surface area contributed by atoms with Crippen LogP contribution in [0.2, 0.25) is 5.02 Å². The number of hydrogen-bond donors (Lipinski definition) is 1. The SMILES string of the molecule is Cc1ccc2c(c1)N(CC(=O)Nc1ccc(Cl)cc1)C(=O)[C@@H](C)O2. The van der Waals surface area contributed by atoms with Crippen LogP contribution < -0.4 is 15.0 Å². The number of anilines is 2. The number of halogens is 1. The average Bonchev–Trinajstić information content (AvgIpc) is 2.55. The van der Waals surface area contributed by atoms with Crippen LogP contribution in [0.25, 0.3) is 0 Å². The lowest BCUT2D eigenvalue weighted by Gasteiger charge is -2.32. The van der Waals surface area contributed by atoms with E-state index in [1.807, 2.05) is 25.1 Å². The highest BCUT2D eigenvalue weighted by molar-refractivity contribution is 6.30. The van der Waals surface area contributed by atoms with Gasteiger partial charge in [0.25, 0.3) is 5.91 Å². The van der Waals surface area contributed by atoms with Crippen molar-refractivity contribution in [2.24, 2.45) is 0 Å². The molecule has 0 unspecified atom stereocenters. The molecule has 0 spiro atoms. The normalized spacial score (nSPS) is 16.4. The number of aryl methyl sites for hydroxylation is 1. The summed E-state index contributed by atoms with van der Waals surface area (Å²) in [5.74, 6) is 0.0820. The molecule has 124 valence electrons. The summed E-state index contributed by atoms with van der Waals surface area (Å²) in [6.45, 7) is 3.52. The van der Waals surface area contributed by atoms with Gasteiger partial charge in [0, 0.05) is 10.7 Å². The molecular weight excluding hydrogens is 328 g/mol. The fourth-order valence-corrected chi connectivity index (χ4v) is 2.68. The Hall–Kier alpha value is -2.53. The molecule has 1 N–H and O–H groups in total. The van der Waals surface area contributed by atoms with Crippen molar-refractivity contribution >= 4 is 34.8 Å². The van der Waals surface area contributed by atoms with Crippen LogP contribution in [0, 0.1) is 6.92 Å². The summed E-state index contributed by atoms with van der Waals surface area (Å²) in [6, 6.07) is 12.4. The van der Waals surface area contributed by atoms with E-state index in [1.54, 1.807) is 31.2 Å². The van der Waals surface area contributed by atoms with Gasteiger partial charge in [-0.2, -0.15) is 0 Å². The lowest BCUT2D eigenvalue weighted by Crippen LogP contribution is -2.47. The van der Waals surface area contributed by atoms with E-state index in [2.05, 4.69) is 5.32 Å². The zero-order valence-corrected chi connectivity index (χ0v) is 14.1. The van der Waals surface area contributed by atoms with Crippen LogP contribution in [0.1, 0.15) is 12.5 Å². The molecule has 1 aliphatic rings. The van der Waals surface area contributed by atoms with Crippen molar-refractivity contribution in [3.05, 3.63) is 53.1 Å². The number of amides is 2. The molecule has 1 aliphatic heterocycles. The average molecular weight is 345 g/mol. The number of ether oxygens (including phenoxy) is 1. The molecule has 5 nitrogen and oxygen atoms in total. The minimum Gasteiger partial charge on any atom is -0.479 e. The van der Waals surface area contributed by atoms with Crippen molar-refractivity contribution in [1.82, 2.24) is 0 Å². The van der Waals surface area contributed by atoms with E-state index < -0.39 is 6.10 Å². The van der Waals surface area contributed by atoms with E-state index in [0.717, 1.165) is 5.56 Å². The molecule has 6 heteroatoms. The van der Waals surface area contributed by atoms with E-state index >= 15 is 0 Å². The number of nitrogens with one attached hydrogen (secondary N) is 1. The molecule has 1 heterocycles. The van der Waals surface area contributed by atoms with E-state index in [4.69, 9.17) is 16.3 Å². The van der Waals surface area contributed by atoms with Gasteiger partial charge in [-0.05, 0) is 55.8 Å². The molecule has 0 fully saturated rings. The zero-order valence-electron chi connectivity index (χ0n) is 13.4. The molecule has 0 radical (unpaired) electrons. The summed E-state index contributed by atoms with van der Waals surface area (Å²) in [4.78, 5) is 26.2. The van der Waals surface area contributed by atoms with Gasteiger partial charge in [-0.3, -0.25) is 14.5 Å². The first-order valence-corrected chi connectivity index (χ1v) is 7.96. The molecule has 0 bridgehead atoms. The van der Waals surface area contributed by atoms with Gasteiger partial charge in [0.1, 0.15) is 12.3 Å². The summed E-state index contributed by atoms with van der Waals surface area (Å²) in [6.07, 6.45) is -0.622. The maximum absolute atomic E-state index is 12.4. The number of carbonyl (C=O) groups excluding carboxylic acids is 2. The Kier molecular flexibility index (Phi) is 4.44. The molecule has 0 aromatic heterocycles. The second-order valence-electron chi connectivity index (χ2n) is 5.71. The van der Waals surface area contributed by atoms with Crippen molar-refractivity contribution in [3.63, 3.8) is 0 Å².